The Balaban J connectivity index is 1.63. The van der Waals surface area contributed by atoms with Crippen molar-refractivity contribution in [2.75, 3.05) is 27.9 Å². The normalized spacial score (nSPS) is 10.6. The van der Waals surface area contributed by atoms with E-state index in [2.05, 4.69) is 4.98 Å². The molecule has 0 N–H and O–H groups in total. The molecule has 0 amide bonds. The predicted octanol–water partition coefficient (Wildman–Crippen LogP) is 2.67. The fraction of sp³-hybridized carbons (Fsp3) is 0.286. The van der Waals surface area contributed by atoms with Crippen LogP contribution in [-0.4, -0.2) is 43.5 Å². The van der Waals surface area contributed by atoms with E-state index in [1.165, 1.54) is 44.4 Å². The van der Waals surface area contributed by atoms with Gasteiger partial charge in [-0.25, -0.2) is 9.78 Å². The number of carbonyl (C=O) groups is 1. The third kappa shape index (κ3) is 4.31. The summed E-state index contributed by atoms with van der Waals surface area (Å²) < 4.78 is 22.6. The number of para-hydroxylation sites is 1. The Hall–Kier alpha value is -3.55. The number of nitrogens with zero attached hydrogens (tertiary/aromatic N) is 2. The van der Waals surface area contributed by atoms with Crippen molar-refractivity contribution in [1.82, 2.24) is 9.55 Å². The van der Waals surface area contributed by atoms with Crippen LogP contribution in [0.1, 0.15) is 16.8 Å². The molecule has 2 aromatic carbocycles. The Labute approximate surface area is 167 Å². The molecule has 8 nitrogen and oxygen atoms in total. The molecule has 3 aromatic rings. The second-order valence-corrected chi connectivity index (χ2v) is 6.16. The van der Waals surface area contributed by atoms with E-state index in [1.54, 1.807) is 18.2 Å². The van der Waals surface area contributed by atoms with E-state index in [1.807, 2.05) is 6.07 Å². The molecule has 152 valence electrons. The first-order valence-corrected chi connectivity index (χ1v) is 9.00. The van der Waals surface area contributed by atoms with Crippen LogP contribution in [0.2, 0.25) is 0 Å². The zero-order valence-electron chi connectivity index (χ0n) is 16.5. The number of hydrogen-bond acceptors (Lipinski definition) is 7. The number of aromatic nitrogens is 2. The average molecular weight is 398 g/mol. The lowest BCUT2D eigenvalue weighted by molar-refractivity contribution is 0.0494. The van der Waals surface area contributed by atoms with Gasteiger partial charge in [0.15, 0.2) is 11.5 Å². The summed E-state index contributed by atoms with van der Waals surface area (Å²) in [6.07, 6.45) is 1.97. The zero-order chi connectivity index (χ0) is 20.8. The lowest BCUT2D eigenvalue weighted by Gasteiger charge is -2.14. The van der Waals surface area contributed by atoms with Gasteiger partial charge in [0.1, 0.15) is 0 Å². The van der Waals surface area contributed by atoms with Crippen LogP contribution in [0.25, 0.3) is 10.9 Å². The molecule has 3 rings (SSSR count). The van der Waals surface area contributed by atoms with Gasteiger partial charge in [-0.2, -0.15) is 0 Å². The second-order valence-electron chi connectivity index (χ2n) is 6.16. The lowest BCUT2D eigenvalue weighted by Crippen LogP contribution is -2.21. The summed E-state index contributed by atoms with van der Waals surface area (Å²) in [6, 6.07) is 10.2. The molecule has 0 atom stereocenters. The first kappa shape index (κ1) is 20.2. The number of benzene rings is 2. The van der Waals surface area contributed by atoms with Crippen molar-refractivity contribution in [3.8, 4) is 17.2 Å². The summed E-state index contributed by atoms with van der Waals surface area (Å²) >= 11 is 0. The molecule has 0 saturated heterocycles. The average Bonchev–Trinajstić information content (AvgIpc) is 2.76. The molecule has 8 heteroatoms. The van der Waals surface area contributed by atoms with Crippen molar-refractivity contribution in [2.24, 2.45) is 0 Å². The van der Waals surface area contributed by atoms with Gasteiger partial charge < -0.3 is 18.9 Å². The highest BCUT2D eigenvalue weighted by Crippen LogP contribution is 2.38. The van der Waals surface area contributed by atoms with Crippen LogP contribution in [0.3, 0.4) is 0 Å². The quantitative estimate of drug-likeness (QED) is 0.426. The fourth-order valence-corrected chi connectivity index (χ4v) is 2.95. The molecule has 0 bridgehead atoms. The van der Waals surface area contributed by atoms with Crippen LogP contribution in [0.5, 0.6) is 17.2 Å². The van der Waals surface area contributed by atoms with Crippen molar-refractivity contribution in [3.05, 3.63) is 58.6 Å². The van der Waals surface area contributed by atoms with Crippen LogP contribution in [-0.2, 0) is 11.3 Å². The molecule has 29 heavy (non-hydrogen) atoms. The smallest absolute Gasteiger partial charge is 0.338 e. The largest absolute Gasteiger partial charge is 0.493 e. The number of rotatable bonds is 8. The standard InChI is InChI=1S/C21H22N2O6/c1-26-17-11-14(12-18(27-2)19(17)28-3)21(25)29-10-6-9-23-13-22-16-8-5-4-7-15(16)20(23)24/h4-5,7-8,11-13H,6,9-10H2,1-3H3. The van der Waals surface area contributed by atoms with Gasteiger partial charge in [-0.1, -0.05) is 12.1 Å². The zero-order valence-corrected chi connectivity index (χ0v) is 16.5. The molecule has 0 saturated carbocycles. The predicted molar refractivity (Wildman–Crippen MR) is 107 cm³/mol. The van der Waals surface area contributed by atoms with Crippen molar-refractivity contribution in [1.29, 1.82) is 0 Å². The molecule has 0 aliphatic rings. The summed E-state index contributed by atoms with van der Waals surface area (Å²) in [6.45, 7) is 0.536. The maximum absolute atomic E-state index is 12.5. The van der Waals surface area contributed by atoms with Gasteiger partial charge in [-0.15, -0.1) is 0 Å². The second kappa shape index (κ2) is 9.09. The van der Waals surface area contributed by atoms with Gasteiger partial charge in [0.2, 0.25) is 5.75 Å². The first-order valence-electron chi connectivity index (χ1n) is 9.00. The van der Waals surface area contributed by atoms with Gasteiger partial charge in [0.25, 0.3) is 5.56 Å². The Bertz CT molecular complexity index is 1050. The highest BCUT2D eigenvalue weighted by atomic mass is 16.5. The van der Waals surface area contributed by atoms with E-state index in [9.17, 15) is 9.59 Å². The van der Waals surface area contributed by atoms with Gasteiger partial charge in [-0.3, -0.25) is 9.36 Å². The van der Waals surface area contributed by atoms with E-state index in [4.69, 9.17) is 18.9 Å². The van der Waals surface area contributed by atoms with Crippen molar-refractivity contribution in [3.63, 3.8) is 0 Å². The molecular formula is C21H22N2O6. The van der Waals surface area contributed by atoms with Crippen LogP contribution in [0.4, 0.5) is 0 Å². The van der Waals surface area contributed by atoms with Gasteiger partial charge in [0, 0.05) is 6.54 Å². The van der Waals surface area contributed by atoms with E-state index in [0.29, 0.717) is 41.1 Å². The molecule has 0 aliphatic heterocycles. The lowest BCUT2D eigenvalue weighted by atomic mass is 10.2. The fourth-order valence-electron chi connectivity index (χ4n) is 2.95. The van der Waals surface area contributed by atoms with Crippen molar-refractivity contribution >= 4 is 16.9 Å². The Morgan fingerprint density at radius 1 is 1.03 bits per heavy atom. The highest BCUT2D eigenvalue weighted by molar-refractivity contribution is 5.91. The molecule has 0 fully saturated rings. The number of aryl methyl sites for hydroxylation is 1. The highest BCUT2D eigenvalue weighted by Gasteiger charge is 2.17. The minimum atomic E-state index is -0.520. The van der Waals surface area contributed by atoms with Gasteiger partial charge in [-0.05, 0) is 30.7 Å². The van der Waals surface area contributed by atoms with E-state index < -0.39 is 5.97 Å². The summed E-state index contributed by atoms with van der Waals surface area (Å²) in [4.78, 5) is 29.1. The number of hydrogen-bond donors (Lipinski definition) is 0. The third-order valence-corrected chi connectivity index (χ3v) is 4.41. The van der Waals surface area contributed by atoms with E-state index >= 15 is 0 Å². The molecule has 0 spiro atoms. The maximum Gasteiger partial charge on any atom is 0.338 e. The summed E-state index contributed by atoms with van der Waals surface area (Å²) in [7, 11) is 4.44. The van der Waals surface area contributed by atoms with Crippen LogP contribution in [0, 0.1) is 0 Å². The molecule has 0 radical (unpaired) electrons. The number of methoxy groups -OCH3 is 3. The number of fused-ring (bicyclic) bond motifs is 1. The topological polar surface area (TPSA) is 88.9 Å². The van der Waals surface area contributed by atoms with Crippen LogP contribution >= 0.6 is 0 Å². The van der Waals surface area contributed by atoms with Crippen LogP contribution in [0.15, 0.2) is 47.5 Å². The van der Waals surface area contributed by atoms with E-state index in [0.717, 1.165) is 0 Å². The third-order valence-electron chi connectivity index (χ3n) is 4.41. The molecule has 0 unspecified atom stereocenters. The first-order chi connectivity index (χ1) is 14.1. The molecular weight excluding hydrogens is 376 g/mol. The Kier molecular flexibility index (Phi) is 6.33. The SMILES string of the molecule is COc1cc(C(=O)OCCCn2cnc3ccccc3c2=O)cc(OC)c1OC. The number of carbonyl (C=O) groups excluding carboxylic acids is 1. The number of ether oxygens (including phenoxy) is 4. The monoisotopic (exact) mass is 398 g/mol. The molecule has 0 aliphatic carbocycles. The summed E-state index contributed by atoms with van der Waals surface area (Å²) in [5.41, 5.74) is 0.818. The summed E-state index contributed by atoms with van der Waals surface area (Å²) in [5.74, 6) is 0.614. The van der Waals surface area contributed by atoms with E-state index in [-0.39, 0.29) is 17.7 Å². The summed E-state index contributed by atoms with van der Waals surface area (Å²) in [5, 5.41) is 0.560. The minimum Gasteiger partial charge on any atom is -0.493 e. The van der Waals surface area contributed by atoms with Gasteiger partial charge in [0.05, 0.1) is 50.7 Å². The number of esters is 1. The molecule has 1 heterocycles. The van der Waals surface area contributed by atoms with Crippen LogP contribution < -0.4 is 19.8 Å². The minimum absolute atomic E-state index is 0.119. The van der Waals surface area contributed by atoms with Crippen molar-refractivity contribution < 1.29 is 23.7 Å². The van der Waals surface area contributed by atoms with Gasteiger partial charge >= 0.3 is 5.97 Å². The maximum atomic E-state index is 12.5. The molecule has 1 aromatic heterocycles. The Morgan fingerprint density at radius 2 is 1.72 bits per heavy atom. The van der Waals surface area contributed by atoms with Crippen molar-refractivity contribution in [2.45, 2.75) is 13.0 Å². The Morgan fingerprint density at radius 3 is 2.38 bits per heavy atom.